The summed E-state index contributed by atoms with van der Waals surface area (Å²) in [4.78, 5) is 15.4. The number of anilines is 1. The van der Waals surface area contributed by atoms with E-state index in [-0.39, 0.29) is 5.69 Å². The molecule has 17 heavy (non-hydrogen) atoms. The van der Waals surface area contributed by atoms with E-state index < -0.39 is 0 Å². The number of thioether (sulfide) groups is 1. The summed E-state index contributed by atoms with van der Waals surface area (Å²) in [6.07, 6.45) is 1.81. The molecule has 0 fully saturated rings. The third-order valence-electron chi connectivity index (χ3n) is 2.29. The highest BCUT2D eigenvalue weighted by molar-refractivity contribution is 7.98. The summed E-state index contributed by atoms with van der Waals surface area (Å²) in [5.41, 5.74) is 0.889. The van der Waals surface area contributed by atoms with Crippen LogP contribution < -0.4 is 11.0 Å². The van der Waals surface area contributed by atoms with Gasteiger partial charge in [-0.05, 0) is 11.6 Å². The average Bonchev–Trinajstić information content (AvgIpc) is 2.68. The minimum atomic E-state index is -0.198. The Kier molecular flexibility index (Phi) is 3.48. The number of hydrogen-bond acceptors (Lipinski definition) is 5. The average molecular weight is 251 g/mol. The number of aromatic nitrogens is 4. The van der Waals surface area contributed by atoms with Crippen LogP contribution in [-0.2, 0) is 12.8 Å². The minimum Gasteiger partial charge on any atom is -0.373 e. The Morgan fingerprint density at radius 1 is 1.53 bits per heavy atom. The molecule has 0 atom stereocenters. The third kappa shape index (κ3) is 2.68. The quantitative estimate of drug-likeness (QED) is 0.787. The Labute approximate surface area is 102 Å². The van der Waals surface area contributed by atoms with Crippen LogP contribution in [0.1, 0.15) is 5.56 Å². The molecule has 0 amide bonds. The molecule has 0 aliphatic rings. The minimum absolute atomic E-state index is 0.198. The van der Waals surface area contributed by atoms with Crippen LogP contribution in [0.5, 0.6) is 0 Å². The van der Waals surface area contributed by atoms with Crippen LogP contribution in [0, 0.1) is 0 Å². The van der Waals surface area contributed by atoms with Crippen LogP contribution in [0.2, 0.25) is 0 Å². The molecule has 0 spiro atoms. The third-order valence-corrected chi connectivity index (χ3v) is 3.39. The van der Waals surface area contributed by atoms with Gasteiger partial charge in [0.1, 0.15) is 5.82 Å². The number of rotatable bonds is 4. The predicted molar refractivity (Wildman–Crippen MR) is 67.2 cm³/mol. The molecular formula is C10H13N5OS. The van der Waals surface area contributed by atoms with E-state index in [1.54, 1.807) is 7.05 Å². The molecule has 0 radical (unpaired) electrons. The lowest BCUT2D eigenvalue weighted by Gasteiger charge is -2.02. The van der Waals surface area contributed by atoms with Gasteiger partial charge < -0.3 is 5.32 Å². The van der Waals surface area contributed by atoms with E-state index in [9.17, 15) is 4.79 Å². The molecule has 2 aromatic heterocycles. The summed E-state index contributed by atoms with van der Waals surface area (Å²) in [7, 11) is 3.52. The van der Waals surface area contributed by atoms with Crippen LogP contribution in [-0.4, -0.2) is 26.8 Å². The first-order valence-electron chi connectivity index (χ1n) is 5.07. The topological polar surface area (TPSA) is 75.6 Å². The second-order valence-corrected chi connectivity index (χ2v) is 4.40. The molecule has 6 nitrogen and oxygen atoms in total. The molecule has 0 aliphatic carbocycles. The molecule has 0 unspecified atom stereocenters. The lowest BCUT2D eigenvalue weighted by Crippen LogP contribution is -2.12. The zero-order valence-electron chi connectivity index (χ0n) is 9.60. The number of aromatic amines is 1. The fraction of sp³-hybridized carbons (Fsp3) is 0.300. The van der Waals surface area contributed by atoms with Crippen molar-refractivity contribution in [1.82, 2.24) is 19.7 Å². The van der Waals surface area contributed by atoms with Crippen LogP contribution in [0.25, 0.3) is 0 Å². The van der Waals surface area contributed by atoms with Crippen molar-refractivity contribution in [2.75, 3.05) is 12.4 Å². The highest BCUT2D eigenvalue weighted by Crippen LogP contribution is 2.18. The number of nitrogens with one attached hydrogen (secondary N) is 2. The van der Waals surface area contributed by atoms with E-state index >= 15 is 0 Å². The zero-order chi connectivity index (χ0) is 12.3. The summed E-state index contributed by atoms with van der Waals surface area (Å²) in [6, 6.07) is 3.91. The van der Waals surface area contributed by atoms with Gasteiger partial charge >= 0.3 is 5.69 Å². The smallest absolute Gasteiger partial charge is 0.343 e. The fourth-order valence-corrected chi connectivity index (χ4v) is 2.12. The molecule has 0 saturated carbocycles. The van der Waals surface area contributed by atoms with Crippen LogP contribution in [0.15, 0.2) is 28.3 Å². The molecule has 2 N–H and O–H groups in total. The Balaban J connectivity index is 2.02. The van der Waals surface area contributed by atoms with Crippen LogP contribution >= 0.6 is 11.8 Å². The van der Waals surface area contributed by atoms with E-state index in [2.05, 4.69) is 20.5 Å². The molecule has 2 heterocycles. The second kappa shape index (κ2) is 5.05. The first-order valence-corrected chi connectivity index (χ1v) is 6.06. The standard InChI is InChI=1S/C10H13N5OS/c1-11-8-4-3-7(5-12-8)6-17-10-14-13-9(16)15(10)2/h3-5H,6H2,1-2H3,(H,11,12)(H,13,16). The highest BCUT2D eigenvalue weighted by atomic mass is 32.2. The normalized spacial score (nSPS) is 10.5. The molecule has 2 rings (SSSR count). The van der Waals surface area contributed by atoms with Crippen molar-refractivity contribution in [3.8, 4) is 0 Å². The first-order chi connectivity index (χ1) is 8.20. The molecule has 0 aromatic carbocycles. The Bertz CT molecular complexity index is 545. The first kappa shape index (κ1) is 11.7. The van der Waals surface area contributed by atoms with Crippen LogP contribution in [0.3, 0.4) is 0 Å². The van der Waals surface area contributed by atoms with Gasteiger partial charge in [-0.3, -0.25) is 4.57 Å². The Morgan fingerprint density at radius 2 is 2.35 bits per heavy atom. The largest absolute Gasteiger partial charge is 0.373 e. The monoisotopic (exact) mass is 251 g/mol. The maximum atomic E-state index is 11.1. The van der Waals surface area contributed by atoms with Gasteiger partial charge in [-0.2, -0.15) is 0 Å². The summed E-state index contributed by atoms with van der Waals surface area (Å²) >= 11 is 1.49. The molecular weight excluding hydrogens is 238 g/mol. The maximum Gasteiger partial charge on any atom is 0.343 e. The fourth-order valence-electron chi connectivity index (χ4n) is 1.27. The summed E-state index contributed by atoms with van der Waals surface area (Å²) in [5, 5.41) is 9.96. The van der Waals surface area contributed by atoms with Gasteiger partial charge in [0.05, 0.1) is 0 Å². The van der Waals surface area contributed by atoms with E-state index in [1.807, 2.05) is 25.4 Å². The Morgan fingerprint density at radius 3 is 2.88 bits per heavy atom. The molecule has 0 bridgehead atoms. The molecule has 7 heteroatoms. The van der Waals surface area contributed by atoms with Crippen molar-refractivity contribution < 1.29 is 0 Å². The maximum absolute atomic E-state index is 11.1. The Hall–Kier alpha value is -1.76. The lowest BCUT2D eigenvalue weighted by molar-refractivity contribution is 0.765. The molecule has 2 aromatic rings. The molecule has 0 saturated heterocycles. The molecule has 0 aliphatic heterocycles. The van der Waals surface area contributed by atoms with Crippen molar-refractivity contribution >= 4 is 17.6 Å². The second-order valence-electron chi connectivity index (χ2n) is 3.46. The number of hydrogen-bond donors (Lipinski definition) is 2. The van der Waals surface area contributed by atoms with Gasteiger partial charge in [-0.1, -0.05) is 17.8 Å². The van der Waals surface area contributed by atoms with E-state index in [0.717, 1.165) is 17.1 Å². The number of pyridine rings is 1. The predicted octanol–water partition coefficient (Wildman–Crippen LogP) is 0.837. The summed E-state index contributed by atoms with van der Waals surface area (Å²) < 4.78 is 1.49. The zero-order valence-corrected chi connectivity index (χ0v) is 10.4. The number of H-pyrrole nitrogens is 1. The SMILES string of the molecule is CNc1ccc(CSc2n[nH]c(=O)n2C)cn1. The van der Waals surface area contributed by atoms with Gasteiger partial charge in [0.2, 0.25) is 0 Å². The van der Waals surface area contributed by atoms with Crippen molar-refractivity contribution in [2.45, 2.75) is 10.9 Å². The van der Waals surface area contributed by atoms with Gasteiger partial charge in [0, 0.05) is 26.0 Å². The van der Waals surface area contributed by atoms with Gasteiger partial charge in [0.15, 0.2) is 5.16 Å². The summed E-state index contributed by atoms with van der Waals surface area (Å²) in [5.74, 6) is 1.57. The van der Waals surface area contributed by atoms with Gasteiger partial charge in [-0.15, -0.1) is 5.10 Å². The van der Waals surface area contributed by atoms with Crippen molar-refractivity contribution in [3.63, 3.8) is 0 Å². The highest BCUT2D eigenvalue weighted by Gasteiger charge is 2.05. The summed E-state index contributed by atoms with van der Waals surface area (Å²) in [6.45, 7) is 0. The van der Waals surface area contributed by atoms with E-state index in [0.29, 0.717) is 5.16 Å². The van der Waals surface area contributed by atoms with Crippen molar-refractivity contribution in [2.24, 2.45) is 7.05 Å². The number of nitrogens with zero attached hydrogens (tertiary/aromatic N) is 3. The molecule has 90 valence electrons. The lowest BCUT2D eigenvalue weighted by atomic mass is 10.3. The van der Waals surface area contributed by atoms with Crippen molar-refractivity contribution in [3.05, 3.63) is 34.4 Å². The van der Waals surface area contributed by atoms with E-state index in [4.69, 9.17) is 0 Å². The van der Waals surface area contributed by atoms with Gasteiger partial charge in [0.25, 0.3) is 0 Å². The van der Waals surface area contributed by atoms with Gasteiger partial charge in [-0.25, -0.2) is 14.9 Å². The van der Waals surface area contributed by atoms with Crippen LogP contribution in [0.4, 0.5) is 5.82 Å². The van der Waals surface area contributed by atoms with Crippen molar-refractivity contribution in [1.29, 1.82) is 0 Å². The van der Waals surface area contributed by atoms with E-state index in [1.165, 1.54) is 16.3 Å².